The van der Waals surface area contributed by atoms with Crippen molar-refractivity contribution in [3.8, 4) is 0 Å². The molecule has 8 heteroatoms. The number of hydrogen-bond acceptors (Lipinski definition) is 4. The van der Waals surface area contributed by atoms with Crippen LogP contribution in [0.15, 0.2) is 4.99 Å². The minimum Gasteiger partial charge on any atom is -0.379 e. The van der Waals surface area contributed by atoms with Crippen molar-refractivity contribution in [2.24, 2.45) is 10.9 Å². The summed E-state index contributed by atoms with van der Waals surface area (Å²) in [7, 11) is 1.73. The van der Waals surface area contributed by atoms with Crippen LogP contribution in [0, 0.1) is 5.92 Å². The van der Waals surface area contributed by atoms with Gasteiger partial charge in [-0.05, 0) is 26.7 Å². The fourth-order valence-electron chi connectivity index (χ4n) is 3.38. The molecule has 27 heavy (non-hydrogen) atoms. The third kappa shape index (κ3) is 10.5. The Kier molecular flexibility index (Phi) is 13.2. The van der Waals surface area contributed by atoms with Gasteiger partial charge in [0.1, 0.15) is 0 Å². The van der Waals surface area contributed by atoms with Crippen molar-refractivity contribution in [1.82, 2.24) is 20.9 Å². The second-order valence-corrected chi connectivity index (χ2v) is 7.90. The van der Waals surface area contributed by atoms with Crippen molar-refractivity contribution in [3.05, 3.63) is 0 Å². The van der Waals surface area contributed by atoms with Crippen molar-refractivity contribution in [2.45, 2.75) is 59.0 Å². The standard InChI is InChI=1S/C19H39N5O2.HI/c1-7-15(8-2)16(24-9-11-26-12-10-24)13-21-18(20-6)22-14-17(25)23-19(3,4)5;/h15-16H,7-14H2,1-6H3,(H,23,25)(H2,20,21,22);1H. The Balaban J connectivity index is 0.00000676. The minimum atomic E-state index is -0.230. The summed E-state index contributed by atoms with van der Waals surface area (Å²) in [5.41, 5.74) is -0.230. The zero-order valence-corrected chi connectivity index (χ0v) is 20.3. The Morgan fingerprint density at radius 3 is 2.22 bits per heavy atom. The predicted molar refractivity (Wildman–Crippen MR) is 123 cm³/mol. The number of rotatable bonds is 8. The lowest BCUT2D eigenvalue weighted by atomic mass is 9.92. The van der Waals surface area contributed by atoms with Gasteiger partial charge >= 0.3 is 0 Å². The summed E-state index contributed by atoms with van der Waals surface area (Å²) in [6, 6.07) is 0.441. The lowest BCUT2D eigenvalue weighted by molar-refractivity contribution is -0.121. The van der Waals surface area contributed by atoms with Gasteiger partial charge in [0, 0.05) is 38.3 Å². The second-order valence-electron chi connectivity index (χ2n) is 7.90. The van der Waals surface area contributed by atoms with Gasteiger partial charge in [0.05, 0.1) is 19.8 Å². The molecule has 0 aromatic carbocycles. The molecule has 1 atom stereocenters. The third-order valence-electron chi connectivity index (χ3n) is 4.74. The molecule has 7 nitrogen and oxygen atoms in total. The van der Waals surface area contributed by atoms with Crippen LogP contribution in [-0.4, -0.2) is 74.8 Å². The van der Waals surface area contributed by atoms with Crippen molar-refractivity contribution < 1.29 is 9.53 Å². The summed E-state index contributed by atoms with van der Waals surface area (Å²) in [4.78, 5) is 18.8. The van der Waals surface area contributed by atoms with Gasteiger partial charge in [-0.1, -0.05) is 26.7 Å². The van der Waals surface area contributed by atoms with Gasteiger partial charge in [-0.3, -0.25) is 14.7 Å². The van der Waals surface area contributed by atoms with Crippen LogP contribution in [0.3, 0.4) is 0 Å². The number of aliphatic imine (C=N–C) groups is 1. The zero-order chi connectivity index (χ0) is 19.6. The number of ether oxygens (including phenoxy) is 1. The first-order valence-corrected chi connectivity index (χ1v) is 9.88. The predicted octanol–water partition coefficient (Wildman–Crippen LogP) is 1.82. The number of guanidine groups is 1. The normalized spacial score (nSPS) is 17.2. The van der Waals surface area contributed by atoms with E-state index in [1.807, 2.05) is 20.8 Å². The third-order valence-corrected chi connectivity index (χ3v) is 4.74. The number of morpholine rings is 1. The van der Waals surface area contributed by atoms with E-state index in [2.05, 4.69) is 39.7 Å². The molecule has 1 unspecified atom stereocenters. The maximum absolute atomic E-state index is 12.0. The van der Waals surface area contributed by atoms with Crippen LogP contribution in [0.2, 0.25) is 0 Å². The van der Waals surface area contributed by atoms with Crippen LogP contribution >= 0.6 is 24.0 Å². The average molecular weight is 497 g/mol. The Morgan fingerprint density at radius 2 is 1.74 bits per heavy atom. The van der Waals surface area contributed by atoms with Crippen LogP contribution in [0.25, 0.3) is 0 Å². The highest BCUT2D eigenvalue weighted by molar-refractivity contribution is 14.0. The largest absolute Gasteiger partial charge is 0.379 e. The molecule has 1 aliphatic heterocycles. The highest BCUT2D eigenvalue weighted by atomic mass is 127. The fourth-order valence-corrected chi connectivity index (χ4v) is 3.38. The first-order chi connectivity index (χ1) is 12.3. The summed E-state index contributed by atoms with van der Waals surface area (Å²) in [6.07, 6.45) is 2.31. The number of amides is 1. The van der Waals surface area contributed by atoms with E-state index in [9.17, 15) is 4.79 Å². The van der Waals surface area contributed by atoms with Crippen molar-refractivity contribution in [3.63, 3.8) is 0 Å². The van der Waals surface area contributed by atoms with Gasteiger partial charge in [0.15, 0.2) is 5.96 Å². The molecule has 0 saturated carbocycles. The van der Waals surface area contributed by atoms with E-state index in [1.54, 1.807) is 7.05 Å². The summed E-state index contributed by atoms with van der Waals surface area (Å²) >= 11 is 0. The maximum Gasteiger partial charge on any atom is 0.239 e. The molecule has 0 radical (unpaired) electrons. The molecule has 160 valence electrons. The lowest BCUT2D eigenvalue weighted by Gasteiger charge is -2.39. The van der Waals surface area contributed by atoms with E-state index in [0.29, 0.717) is 17.9 Å². The molecule has 0 spiro atoms. The van der Waals surface area contributed by atoms with E-state index in [-0.39, 0.29) is 42.0 Å². The topological polar surface area (TPSA) is 78.0 Å². The molecule has 1 fully saturated rings. The molecule has 1 rings (SSSR count). The molecule has 3 N–H and O–H groups in total. The minimum absolute atomic E-state index is 0. The average Bonchev–Trinajstić information content (AvgIpc) is 2.60. The molecule has 0 aliphatic carbocycles. The molecule has 0 aromatic rings. The van der Waals surface area contributed by atoms with Gasteiger partial charge in [-0.15, -0.1) is 24.0 Å². The number of carbonyl (C=O) groups excluding carboxylic acids is 1. The Hall–Kier alpha value is -0.610. The first kappa shape index (κ1) is 26.4. The van der Waals surface area contributed by atoms with Gasteiger partial charge in [0.2, 0.25) is 5.91 Å². The van der Waals surface area contributed by atoms with Crippen LogP contribution in [0.5, 0.6) is 0 Å². The molecule has 1 amide bonds. The van der Waals surface area contributed by atoms with Crippen LogP contribution in [0.1, 0.15) is 47.5 Å². The Morgan fingerprint density at radius 1 is 1.15 bits per heavy atom. The Labute approximate surface area is 182 Å². The molecule has 0 bridgehead atoms. The number of nitrogens with zero attached hydrogens (tertiary/aromatic N) is 2. The molecule has 1 saturated heterocycles. The zero-order valence-electron chi connectivity index (χ0n) is 17.9. The monoisotopic (exact) mass is 497 g/mol. The SMILES string of the molecule is CCC(CC)C(CNC(=NC)NCC(=O)NC(C)(C)C)N1CCOCC1.I. The van der Waals surface area contributed by atoms with Gasteiger partial charge in [0.25, 0.3) is 0 Å². The van der Waals surface area contributed by atoms with Gasteiger partial charge in [-0.25, -0.2) is 0 Å². The van der Waals surface area contributed by atoms with E-state index in [4.69, 9.17) is 4.74 Å². The lowest BCUT2D eigenvalue weighted by Crippen LogP contribution is -2.54. The molecular weight excluding hydrogens is 457 g/mol. The van der Waals surface area contributed by atoms with E-state index >= 15 is 0 Å². The van der Waals surface area contributed by atoms with E-state index < -0.39 is 0 Å². The number of nitrogens with one attached hydrogen (secondary N) is 3. The molecule has 1 aliphatic rings. The summed E-state index contributed by atoms with van der Waals surface area (Å²) in [5, 5.41) is 9.46. The van der Waals surface area contributed by atoms with Gasteiger partial charge < -0.3 is 20.7 Å². The summed E-state index contributed by atoms with van der Waals surface area (Å²) in [6.45, 7) is 15.0. The Bertz CT molecular complexity index is 444. The number of halogens is 1. The summed E-state index contributed by atoms with van der Waals surface area (Å²) in [5.74, 6) is 1.26. The fraction of sp³-hybridized carbons (Fsp3) is 0.895. The molecule has 0 aromatic heterocycles. The van der Waals surface area contributed by atoms with Crippen LogP contribution in [0.4, 0.5) is 0 Å². The van der Waals surface area contributed by atoms with E-state index in [0.717, 1.165) is 45.7 Å². The van der Waals surface area contributed by atoms with Crippen LogP contribution in [-0.2, 0) is 9.53 Å². The van der Waals surface area contributed by atoms with Crippen molar-refractivity contribution in [2.75, 3.05) is 46.4 Å². The molecule has 1 heterocycles. The number of hydrogen-bond donors (Lipinski definition) is 3. The quantitative estimate of drug-likeness (QED) is 0.271. The van der Waals surface area contributed by atoms with Crippen LogP contribution < -0.4 is 16.0 Å². The summed E-state index contributed by atoms with van der Waals surface area (Å²) < 4.78 is 5.51. The van der Waals surface area contributed by atoms with Crippen molar-refractivity contribution >= 4 is 35.8 Å². The second kappa shape index (κ2) is 13.5. The first-order valence-electron chi connectivity index (χ1n) is 9.88. The highest BCUT2D eigenvalue weighted by Crippen LogP contribution is 2.19. The molecular formula is C19H40IN5O2. The maximum atomic E-state index is 12.0. The number of carbonyl (C=O) groups is 1. The van der Waals surface area contributed by atoms with Crippen molar-refractivity contribution in [1.29, 1.82) is 0 Å². The van der Waals surface area contributed by atoms with Gasteiger partial charge in [-0.2, -0.15) is 0 Å². The van der Waals surface area contributed by atoms with E-state index in [1.165, 1.54) is 0 Å². The highest BCUT2D eigenvalue weighted by Gasteiger charge is 2.27. The smallest absolute Gasteiger partial charge is 0.239 e.